The molecule has 0 N–H and O–H groups in total. The summed E-state index contributed by atoms with van der Waals surface area (Å²) in [6, 6.07) is 0. The van der Waals surface area contributed by atoms with Crippen molar-refractivity contribution in [3.05, 3.63) is 0 Å². The van der Waals surface area contributed by atoms with Crippen molar-refractivity contribution in [3.8, 4) is 0 Å². The minimum absolute atomic E-state index is 0. The average Bonchev–Trinajstić information content (AvgIpc) is 1.12. The molecule has 0 aromatic carbocycles. The minimum Gasteiger partial charge on any atom is 2.00 e. The molecule has 0 rings (SSSR count). The van der Waals surface area contributed by atoms with Crippen molar-refractivity contribution in [2.45, 2.75) is 0 Å². The van der Waals surface area contributed by atoms with E-state index in [2.05, 4.69) is 0 Å². The molecule has 0 bridgehead atoms. The van der Waals surface area contributed by atoms with Gasteiger partial charge in [0.15, 0.2) is 0 Å². The van der Waals surface area contributed by atoms with Crippen LogP contribution >= 0.6 is 0 Å². The molecule has 0 unspecified atom stereocenters. The summed E-state index contributed by atoms with van der Waals surface area (Å²) in [6.45, 7) is 0. The van der Waals surface area contributed by atoms with Crippen molar-refractivity contribution in [3.63, 3.8) is 0 Å². The van der Waals surface area contributed by atoms with Gasteiger partial charge in [-0.3, -0.25) is 0 Å². The van der Waals surface area contributed by atoms with E-state index in [0.29, 0.717) is 0 Å². The third kappa shape index (κ3) is 267. The van der Waals surface area contributed by atoms with Crippen molar-refractivity contribution < 1.29 is 111 Å². The van der Waals surface area contributed by atoms with Crippen LogP contribution in [-0.4, -0.2) is 29.0 Å². The molecule has 0 saturated heterocycles. The van der Waals surface area contributed by atoms with Crippen LogP contribution in [0.2, 0.25) is 0 Å². The van der Waals surface area contributed by atoms with Crippen molar-refractivity contribution in [1.29, 1.82) is 0 Å². The molecule has 70 valence electrons. The van der Waals surface area contributed by atoms with Crippen LogP contribution in [0.4, 0.5) is 0 Å². The van der Waals surface area contributed by atoms with E-state index >= 15 is 0 Å². The first kappa shape index (κ1) is 29.8. The van der Waals surface area contributed by atoms with E-state index in [9.17, 15) is 0 Å². The van der Waals surface area contributed by atoms with Gasteiger partial charge >= 0.3 is 140 Å². The molecule has 0 aliphatic heterocycles. The molecule has 0 aliphatic rings. The maximum Gasteiger partial charge on any atom is 2.00 e. The fraction of sp³-hybridized carbons (Fsp3) is 0. The SMILES string of the molecule is O=[As]([O-])([O-])[O-].O=[As]([O-])([O-])[O-].[Zr+2].[Zr+2].[Zr+2]. The second kappa shape index (κ2) is 13.2. The maximum absolute atomic E-state index is 8.61. The molecule has 0 fully saturated rings. The molecule has 0 amide bonds. The smallest absolute Gasteiger partial charge is 2.00 e. The Morgan fingerprint density at radius 3 is 0.538 bits per heavy atom. The molecule has 0 heterocycles. The van der Waals surface area contributed by atoms with Gasteiger partial charge in [-0.25, -0.2) is 0 Å². The first-order valence-corrected chi connectivity index (χ1v) is 7.59. The quantitative estimate of drug-likeness (QED) is 0.267. The van der Waals surface area contributed by atoms with Crippen molar-refractivity contribution >= 4 is 29.0 Å². The average molecular weight is 552 g/mol. The van der Waals surface area contributed by atoms with Gasteiger partial charge in [0.25, 0.3) is 0 Å². The zero-order valence-corrected chi connectivity index (χ0v) is 16.8. The Balaban J connectivity index is -0.0000000267. The third-order valence-corrected chi connectivity index (χ3v) is 0. The Kier molecular flexibility index (Phi) is 30.2. The standard InChI is InChI=1S/2AsH3O4.3Zr/c2*2-1(3,4)5;;;/h2*(H3,2,3,4,5);;;/q;;3*+2/p-6. The second-order valence-corrected chi connectivity index (χ2v) is 4.65. The third-order valence-electron chi connectivity index (χ3n) is 0. The predicted molar refractivity (Wildman–Crippen MR) is 12.9 cm³/mol. The van der Waals surface area contributed by atoms with Gasteiger partial charge in [-0.2, -0.15) is 0 Å². The second-order valence-electron chi connectivity index (χ2n) is 0.894. The topological polar surface area (TPSA) is 172 Å². The molecule has 0 aromatic rings. The van der Waals surface area contributed by atoms with Crippen LogP contribution in [-0.2, 0) is 86.1 Å². The normalized spacial score (nSPS) is 9.08. The van der Waals surface area contributed by atoms with Crippen LogP contribution in [0, 0.1) is 0 Å². The van der Waals surface area contributed by atoms with E-state index in [-0.39, 0.29) is 78.6 Å². The van der Waals surface area contributed by atoms with Crippen LogP contribution in [0.5, 0.6) is 0 Å². The Morgan fingerprint density at radius 1 is 0.538 bits per heavy atom. The van der Waals surface area contributed by atoms with Gasteiger partial charge in [0, 0.05) is 0 Å². The summed E-state index contributed by atoms with van der Waals surface area (Å²) in [6.07, 6.45) is 0. The van der Waals surface area contributed by atoms with Crippen LogP contribution in [0.1, 0.15) is 0 Å². The fourth-order valence-electron chi connectivity index (χ4n) is 0. The van der Waals surface area contributed by atoms with E-state index in [1.807, 2.05) is 0 Å². The Morgan fingerprint density at radius 2 is 0.538 bits per heavy atom. The van der Waals surface area contributed by atoms with E-state index in [1.165, 1.54) is 0 Å². The van der Waals surface area contributed by atoms with Crippen LogP contribution < -0.4 is 24.6 Å². The van der Waals surface area contributed by atoms with E-state index in [0.717, 1.165) is 0 Å². The number of rotatable bonds is 0. The molecule has 0 spiro atoms. The summed E-state index contributed by atoms with van der Waals surface area (Å²) < 4.78 is 68.9. The number of hydrogen-bond donors (Lipinski definition) is 0. The van der Waals surface area contributed by atoms with Crippen molar-refractivity contribution in [2.75, 3.05) is 0 Å². The van der Waals surface area contributed by atoms with Gasteiger partial charge in [0.2, 0.25) is 0 Å². The molecule has 13 heavy (non-hydrogen) atoms. The zero-order chi connectivity index (χ0) is 9.00. The van der Waals surface area contributed by atoms with E-state index in [1.54, 1.807) is 0 Å². The molecule has 8 nitrogen and oxygen atoms in total. The largest absolute Gasteiger partial charge is 2.00 e. The molecule has 0 aliphatic carbocycles. The summed E-state index contributed by atoms with van der Waals surface area (Å²) in [7, 11) is 0. The predicted octanol–water partition coefficient (Wildman–Crippen LogP) is -8.14. The maximum atomic E-state index is 8.61. The summed E-state index contributed by atoms with van der Waals surface area (Å²) in [4.78, 5) is 0. The molecular formula is As2O8Zr3. The fourth-order valence-corrected chi connectivity index (χ4v) is 0. The Labute approximate surface area is 137 Å². The monoisotopic (exact) mass is 548 g/mol. The number of hydrogen-bond acceptors (Lipinski definition) is 8. The first-order chi connectivity index (χ1) is 4.00. The first-order valence-electron chi connectivity index (χ1n) is 1.46. The van der Waals surface area contributed by atoms with Crippen LogP contribution in [0.25, 0.3) is 0 Å². The molecule has 0 aromatic heterocycles. The minimum atomic E-state index is -5.88. The Hall–Kier alpha value is 3.13. The molecule has 13 heteroatoms. The van der Waals surface area contributed by atoms with Gasteiger partial charge in [-0.05, 0) is 0 Å². The van der Waals surface area contributed by atoms with Crippen LogP contribution in [0.3, 0.4) is 0 Å². The van der Waals surface area contributed by atoms with Gasteiger partial charge < -0.3 is 0 Å². The molecule has 0 radical (unpaired) electrons. The summed E-state index contributed by atoms with van der Waals surface area (Å²) in [5.74, 6) is 0. The Bertz CT molecular complexity index is 130. The molecule has 0 saturated carbocycles. The van der Waals surface area contributed by atoms with Gasteiger partial charge in [0.05, 0.1) is 0 Å². The van der Waals surface area contributed by atoms with Crippen molar-refractivity contribution in [1.82, 2.24) is 0 Å². The summed E-state index contributed by atoms with van der Waals surface area (Å²) >= 11 is -11.8. The molecular weight excluding hydrogens is 552 g/mol. The van der Waals surface area contributed by atoms with Crippen LogP contribution in [0.15, 0.2) is 0 Å². The van der Waals surface area contributed by atoms with Gasteiger partial charge in [0.1, 0.15) is 0 Å². The summed E-state index contributed by atoms with van der Waals surface area (Å²) in [5.41, 5.74) is 0. The summed E-state index contributed by atoms with van der Waals surface area (Å²) in [5, 5.41) is 0. The van der Waals surface area contributed by atoms with E-state index in [4.69, 9.17) is 32.1 Å². The van der Waals surface area contributed by atoms with Crippen molar-refractivity contribution in [2.24, 2.45) is 0 Å². The zero-order valence-electron chi connectivity index (χ0n) is 5.66. The van der Waals surface area contributed by atoms with Gasteiger partial charge in [-0.15, -0.1) is 0 Å². The van der Waals surface area contributed by atoms with Gasteiger partial charge in [-0.1, -0.05) is 0 Å². The van der Waals surface area contributed by atoms with E-state index < -0.39 is 29.0 Å². The molecule has 0 atom stereocenters.